The van der Waals surface area contributed by atoms with Crippen LogP contribution >= 0.6 is 0 Å². The third kappa shape index (κ3) is 3.06. The van der Waals surface area contributed by atoms with E-state index < -0.39 is 0 Å². The van der Waals surface area contributed by atoms with Crippen LogP contribution < -0.4 is 15.4 Å². The second kappa shape index (κ2) is 5.84. The molecule has 1 unspecified atom stereocenters. The van der Waals surface area contributed by atoms with Crippen LogP contribution in [0.2, 0.25) is 0 Å². The highest BCUT2D eigenvalue weighted by molar-refractivity contribution is 5.85. The first-order chi connectivity index (χ1) is 9.89. The summed E-state index contributed by atoms with van der Waals surface area (Å²) in [4.78, 5) is 14.3. The SMILES string of the molecule is CCOC(=O)C(CC)N1CC(C)(C)Oc2cccc(N)c21. The fourth-order valence-corrected chi connectivity index (χ4v) is 2.77. The molecule has 1 aromatic rings. The molecule has 0 saturated carbocycles. The van der Waals surface area contributed by atoms with Gasteiger partial charge in [-0.3, -0.25) is 0 Å². The summed E-state index contributed by atoms with van der Waals surface area (Å²) in [6, 6.07) is 5.22. The molecule has 1 aromatic carbocycles. The third-order valence-electron chi connectivity index (χ3n) is 3.58. The topological polar surface area (TPSA) is 64.8 Å². The number of anilines is 2. The van der Waals surface area contributed by atoms with Crippen LogP contribution in [0.15, 0.2) is 18.2 Å². The van der Waals surface area contributed by atoms with Crippen LogP contribution in [0.1, 0.15) is 34.1 Å². The summed E-state index contributed by atoms with van der Waals surface area (Å²) in [5, 5.41) is 0. The molecule has 5 heteroatoms. The zero-order valence-electron chi connectivity index (χ0n) is 13.2. The van der Waals surface area contributed by atoms with Gasteiger partial charge in [0.1, 0.15) is 23.1 Å². The van der Waals surface area contributed by atoms with Crippen LogP contribution in [-0.4, -0.2) is 30.8 Å². The lowest BCUT2D eigenvalue weighted by atomic mass is 10.0. The molecule has 0 radical (unpaired) electrons. The molecule has 1 heterocycles. The molecule has 0 fully saturated rings. The molecule has 5 nitrogen and oxygen atoms in total. The summed E-state index contributed by atoms with van der Waals surface area (Å²) in [7, 11) is 0. The van der Waals surface area contributed by atoms with Gasteiger partial charge in [-0.1, -0.05) is 13.0 Å². The van der Waals surface area contributed by atoms with Gasteiger partial charge in [-0.25, -0.2) is 4.79 Å². The number of hydrogen-bond acceptors (Lipinski definition) is 5. The third-order valence-corrected chi connectivity index (χ3v) is 3.58. The predicted molar refractivity (Wildman–Crippen MR) is 83.6 cm³/mol. The van der Waals surface area contributed by atoms with E-state index in [4.69, 9.17) is 15.2 Å². The summed E-state index contributed by atoms with van der Waals surface area (Å²) in [6.45, 7) is 8.76. The fraction of sp³-hybridized carbons (Fsp3) is 0.562. The number of hydrogen-bond donors (Lipinski definition) is 1. The molecule has 2 rings (SSSR count). The van der Waals surface area contributed by atoms with Crippen LogP contribution in [0.4, 0.5) is 11.4 Å². The molecule has 0 amide bonds. The maximum Gasteiger partial charge on any atom is 0.328 e. The highest BCUT2D eigenvalue weighted by atomic mass is 16.5. The van der Waals surface area contributed by atoms with Crippen molar-refractivity contribution >= 4 is 17.3 Å². The second-order valence-electron chi connectivity index (χ2n) is 5.86. The number of nitrogen functional groups attached to an aromatic ring is 1. The molecule has 1 aliphatic heterocycles. The molecule has 116 valence electrons. The van der Waals surface area contributed by atoms with Gasteiger partial charge in [0, 0.05) is 0 Å². The van der Waals surface area contributed by atoms with Crippen molar-refractivity contribution in [2.45, 2.75) is 45.8 Å². The summed E-state index contributed by atoms with van der Waals surface area (Å²) < 4.78 is 11.2. The number of benzene rings is 1. The lowest BCUT2D eigenvalue weighted by Crippen LogP contribution is -2.53. The summed E-state index contributed by atoms with van der Waals surface area (Å²) >= 11 is 0. The number of ether oxygens (including phenoxy) is 2. The van der Waals surface area contributed by atoms with Crippen LogP contribution in [0.5, 0.6) is 5.75 Å². The number of fused-ring (bicyclic) bond motifs is 1. The molecule has 1 atom stereocenters. The number of carbonyl (C=O) groups excluding carboxylic acids is 1. The lowest BCUT2D eigenvalue weighted by molar-refractivity contribution is -0.145. The Hall–Kier alpha value is -1.91. The van der Waals surface area contributed by atoms with Gasteiger partial charge < -0.3 is 20.1 Å². The first kappa shape index (κ1) is 15.5. The average molecular weight is 292 g/mol. The molecular formula is C16H24N2O3. The Labute approximate surface area is 126 Å². The van der Waals surface area contributed by atoms with E-state index >= 15 is 0 Å². The zero-order chi connectivity index (χ0) is 15.6. The highest BCUT2D eigenvalue weighted by Gasteiger charge is 2.38. The van der Waals surface area contributed by atoms with Gasteiger partial charge in [-0.2, -0.15) is 0 Å². The lowest BCUT2D eigenvalue weighted by Gasteiger charge is -2.44. The normalized spacial score (nSPS) is 17.6. The Morgan fingerprint density at radius 3 is 2.81 bits per heavy atom. The maximum atomic E-state index is 12.3. The quantitative estimate of drug-likeness (QED) is 0.682. The second-order valence-corrected chi connectivity index (χ2v) is 5.86. The van der Waals surface area contributed by atoms with E-state index in [0.29, 0.717) is 31.0 Å². The van der Waals surface area contributed by atoms with Crippen molar-refractivity contribution in [3.63, 3.8) is 0 Å². The Balaban J connectivity index is 2.45. The summed E-state index contributed by atoms with van der Waals surface area (Å²) in [5.74, 6) is 0.501. The minimum Gasteiger partial charge on any atom is -0.484 e. The Bertz CT molecular complexity index is 528. The first-order valence-electron chi connectivity index (χ1n) is 7.40. The molecule has 1 aliphatic rings. The van der Waals surface area contributed by atoms with E-state index in [1.807, 2.05) is 50.8 Å². The van der Waals surface area contributed by atoms with E-state index in [1.165, 1.54) is 0 Å². The summed E-state index contributed by atoms with van der Waals surface area (Å²) in [5.41, 5.74) is 7.13. The number of rotatable bonds is 4. The molecule has 0 spiro atoms. The van der Waals surface area contributed by atoms with Crippen molar-refractivity contribution in [3.8, 4) is 5.75 Å². The average Bonchev–Trinajstić information content (AvgIpc) is 2.38. The van der Waals surface area contributed by atoms with Crippen LogP contribution in [0, 0.1) is 0 Å². The monoisotopic (exact) mass is 292 g/mol. The number of nitrogens with zero attached hydrogens (tertiary/aromatic N) is 1. The predicted octanol–water partition coefficient (Wildman–Crippen LogP) is 2.59. The first-order valence-corrected chi connectivity index (χ1v) is 7.40. The zero-order valence-corrected chi connectivity index (χ0v) is 13.2. The molecule has 0 bridgehead atoms. The van der Waals surface area contributed by atoms with E-state index in [0.717, 1.165) is 5.69 Å². The van der Waals surface area contributed by atoms with Gasteiger partial charge in [0.15, 0.2) is 0 Å². The Morgan fingerprint density at radius 2 is 2.19 bits per heavy atom. The standard InChI is InChI=1S/C16H24N2O3/c1-5-12(15(19)20-6-2)18-10-16(3,4)21-13-9-7-8-11(17)14(13)18/h7-9,12H,5-6,10,17H2,1-4H3. The molecule has 0 saturated heterocycles. The maximum absolute atomic E-state index is 12.3. The summed E-state index contributed by atoms with van der Waals surface area (Å²) in [6.07, 6.45) is 0.655. The molecular weight excluding hydrogens is 268 g/mol. The largest absolute Gasteiger partial charge is 0.484 e. The van der Waals surface area contributed by atoms with Gasteiger partial charge in [0.2, 0.25) is 0 Å². The Morgan fingerprint density at radius 1 is 1.48 bits per heavy atom. The van der Waals surface area contributed by atoms with Crippen LogP contribution in [0.25, 0.3) is 0 Å². The van der Waals surface area contributed by atoms with Crippen molar-refractivity contribution in [2.75, 3.05) is 23.8 Å². The number of esters is 1. The van der Waals surface area contributed by atoms with Crippen molar-refractivity contribution in [2.24, 2.45) is 0 Å². The van der Waals surface area contributed by atoms with E-state index in [-0.39, 0.29) is 17.6 Å². The van der Waals surface area contributed by atoms with Gasteiger partial charge in [0.25, 0.3) is 0 Å². The Kier molecular flexibility index (Phi) is 4.30. The van der Waals surface area contributed by atoms with Gasteiger partial charge in [-0.15, -0.1) is 0 Å². The number of carbonyl (C=O) groups is 1. The van der Waals surface area contributed by atoms with E-state index in [2.05, 4.69) is 0 Å². The van der Waals surface area contributed by atoms with Gasteiger partial charge in [0.05, 0.1) is 18.8 Å². The minimum atomic E-state index is -0.388. The van der Waals surface area contributed by atoms with Crippen molar-refractivity contribution in [1.82, 2.24) is 0 Å². The number of para-hydroxylation sites is 1. The van der Waals surface area contributed by atoms with Crippen molar-refractivity contribution in [1.29, 1.82) is 0 Å². The minimum absolute atomic E-state index is 0.216. The number of nitrogens with two attached hydrogens (primary N) is 1. The smallest absolute Gasteiger partial charge is 0.328 e. The van der Waals surface area contributed by atoms with Crippen molar-refractivity contribution in [3.05, 3.63) is 18.2 Å². The van der Waals surface area contributed by atoms with Gasteiger partial charge >= 0.3 is 5.97 Å². The molecule has 0 aromatic heterocycles. The van der Waals surface area contributed by atoms with E-state index in [1.54, 1.807) is 0 Å². The van der Waals surface area contributed by atoms with Crippen molar-refractivity contribution < 1.29 is 14.3 Å². The molecule has 0 aliphatic carbocycles. The fourth-order valence-electron chi connectivity index (χ4n) is 2.77. The molecule has 21 heavy (non-hydrogen) atoms. The van der Waals surface area contributed by atoms with Crippen LogP contribution in [-0.2, 0) is 9.53 Å². The van der Waals surface area contributed by atoms with E-state index in [9.17, 15) is 4.79 Å². The van der Waals surface area contributed by atoms with Crippen LogP contribution in [0.3, 0.4) is 0 Å². The van der Waals surface area contributed by atoms with Gasteiger partial charge in [-0.05, 0) is 39.3 Å². The molecule has 2 N–H and O–H groups in total. The highest BCUT2D eigenvalue weighted by Crippen LogP contribution is 2.42.